The Morgan fingerprint density at radius 2 is 2.06 bits per heavy atom. The average molecular weight is 229 g/mol. The molecule has 0 aromatic carbocycles. The zero-order valence-corrected chi connectivity index (χ0v) is 10.8. The average Bonchev–Trinajstić information content (AvgIpc) is 2.29. The van der Waals surface area contributed by atoms with Crippen LogP contribution in [0, 0.1) is 11.8 Å². The van der Waals surface area contributed by atoms with Crippen molar-refractivity contribution in [2.45, 2.75) is 33.1 Å². The van der Waals surface area contributed by atoms with Gasteiger partial charge in [-0.3, -0.25) is 0 Å². The molecule has 1 rings (SSSR count). The van der Waals surface area contributed by atoms with Crippen molar-refractivity contribution in [2.24, 2.45) is 11.8 Å². The first-order chi connectivity index (χ1) is 7.79. The lowest BCUT2D eigenvalue weighted by Crippen LogP contribution is -2.28. The van der Waals surface area contributed by atoms with E-state index in [0.717, 1.165) is 51.9 Å². The van der Waals surface area contributed by atoms with Crippen LogP contribution in [0.2, 0.25) is 0 Å². The van der Waals surface area contributed by atoms with E-state index in [-0.39, 0.29) is 0 Å². The number of nitrogens with one attached hydrogen (secondary N) is 1. The molecule has 0 aromatic heterocycles. The van der Waals surface area contributed by atoms with Gasteiger partial charge in [0.1, 0.15) is 0 Å². The number of rotatable bonds is 8. The van der Waals surface area contributed by atoms with Crippen LogP contribution < -0.4 is 5.32 Å². The quantitative estimate of drug-likeness (QED) is 0.646. The molecule has 16 heavy (non-hydrogen) atoms. The van der Waals surface area contributed by atoms with Gasteiger partial charge in [-0.25, -0.2) is 0 Å². The molecule has 0 atom stereocenters. The van der Waals surface area contributed by atoms with Gasteiger partial charge in [0.05, 0.1) is 0 Å². The Morgan fingerprint density at radius 1 is 1.31 bits per heavy atom. The first kappa shape index (κ1) is 13.9. The van der Waals surface area contributed by atoms with Gasteiger partial charge in [-0.2, -0.15) is 0 Å². The van der Waals surface area contributed by atoms with Crippen LogP contribution in [0.3, 0.4) is 0 Å². The lowest BCUT2D eigenvalue weighted by atomic mass is 10.0. The molecule has 0 aliphatic carbocycles. The number of hydrogen-bond acceptors (Lipinski definition) is 3. The summed E-state index contributed by atoms with van der Waals surface area (Å²) in [4.78, 5) is 0. The first-order valence-corrected chi connectivity index (χ1v) is 6.65. The summed E-state index contributed by atoms with van der Waals surface area (Å²) in [6.45, 7) is 10.3. The Balaban J connectivity index is 1.80. The van der Waals surface area contributed by atoms with Gasteiger partial charge in [-0.15, -0.1) is 0 Å². The van der Waals surface area contributed by atoms with Gasteiger partial charge in [0, 0.05) is 26.4 Å². The molecule has 3 nitrogen and oxygen atoms in total. The van der Waals surface area contributed by atoms with E-state index in [1.165, 1.54) is 12.8 Å². The molecule has 1 aliphatic rings. The van der Waals surface area contributed by atoms with Crippen LogP contribution >= 0.6 is 0 Å². The zero-order valence-electron chi connectivity index (χ0n) is 10.8. The molecule has 1 fully saturated rings. The fourth-order valence-electron chi connectivity index (χ4n) is 1.87. The minimum atomic E-state index is 0.648. The van der Waals surface area contributed by atoms with Crippen molar-refractivity contribution in [2.75, 3.05) is 39.5 Å². The molecule has 0 spiro atoms. The normalized spacial score (nSPS) is 18.2. The van der Waals surface area contributed by atoms with Crippen LogP contribution in [-0.4, -0.2) is 39.5 Å². The van der Waals surface area contributed by atoms with Crippen molar-refractivity contribution < 1.29 is 9.47 Å². The molecular formula is C13H27NO2. The molecule has 0 amide bonds. The smallest absolute Gasteiger partial charge is 0.0489 e. The summed E-state index contributed by atoms with van der Waals surface area (Å²) >= 11 is 0. The predicted octanol–water partition coefficient (Wildman–Crippen LogP) is 2.07. The molecule has 1 saturated heterocycles. The van der Waals surface area contributed by atoms with E-state index in [9.17, 15) is 0 Å². The van der Waals surface area contributed by atoms with E-state index >= 15 is 0 Å². The van der Waals surface area contributed by atoms with Crippen molar-refractivity contribution in [1.82, 2.24) is 5.32 Å². The van der Waals surface area contributed by atoms with Crippen LogP contribution in [0.5, 0.6) is 0 Å². The molecule has 96 valence electrons. The zero-order chi connectivity index (χ0) is 11.6. The maximum absolute atomic E-state index is 5.53. The summed E-state index contributed by atoms with van der Waals surface area (Å²) in [6.07, 6.45) is 3.56. The van der Waals surface area contributed by atoms with Gasteiger partial charge in [-0.1, -0.05) is 13.8 Å². The summed E-state index contributed by atoms with van der Waals surface area (Å²) < 4.78 is 10.9. The standard InChI is InChI=1S/C13H27NO2/c1-12(2)11-16-7-3-6-14-10-13-4-8-15-9-5-13/h12-14H,3-11H2,1-2H3. The van der Waals surface area contributed by atoms with Crippen molar-refractivity contribution >= 4 is 0 Å². The summed E-state index contributed by atoms with van der Waals surface area (Å²) in [7, 11) is 0. The Labute approximate surface area is 99.9 Å². The highest BCUT2D eigenvalue weighted by molar-refractivity contribution is 4.65. The highest BCUT2D eigenvalue weighted by Gasteiger charge is 2.12. The molecule has 1 N–H and O–H groups in total. The number of ether oxygens (including phenoxy) is 2. The molecule has 1 heterocycles. The van der Waals surface area contributed by atoms with Crippen molar-refractivity contribution in [1.29, 1.82) is 0 Å². The van der Waals surface area contributed by atoms with Crippen LogP contribution in [0.15, 0.2) is 0 Å². The lowest BCUT2D eigenvalue weighted by molar-refractivity contribution is 0.0658. The minimum absolute atomic E-state index is 0.648. The largest absolute Gasteiger partial charge is 0.381 e. The van der Waals surface area contributed by atoms with E-state index < -0.39 is 0 Å². The fraction of sp³-hybridized carbons (Fsp3) is 1.00. The van der Waals surface area contributed by atoms with Crippen molar-refractivity contribution in [3.63, 3.8) is 0 Å². The van der Waals surface area contributed by atoms with E-state index in [2.05, 4.69) is 19.2 Å². The minimum Gasteiger partial charge on any atom is -0.381 e. The maximum atomic E-state index is 5.53. The second kappa shape index (κ2) is 8.97. The second-order valence-electron chi connectivity index (χ2n) is 5.08. The summed E-state index contributed by atoms with van der Waals surface area (Å²) in [6, 6.07) is 0. The van der Waals surface area contributed by atoms with Gasteiger partial charge in [-0.05, 0) is 44.2 Å². The fourth-order valence-corrected chi connectivity index (χ4v) is 1.87. The Kier molecular flexibility index (Phi) is 7.81. The van der Waals surface area contributed by atoms with Gasteiger partial charge in [0.2, 0.25) is 0 Å². The molecule has 3 heteroatoms. The molecular weight excluding hydrogens is 202 g/mol. The van der Waals surface area contributed by atoms with Crippen LogP contribution in [0.1, 0.15) is 33.1 Å². The summed E-state index contributed by atoms with van der Waals surface area (Å²) in [5, 5.41) is 3.51. The summed E-state index contributed by atoms with van der Waals surface area (Å²) in [5.74, 6) is 1.47. The Morgan fingerprint density at radius 3 is 2.75 bits per heavy atom. The molecule has 0 bridgehead atoms. The Bertz CT molecular complexity index is 156. The van der Waals surface area contributed by atoms with Gasteiger partial charge < -0.3 is 14.8 Å². The van der Waals surface area contributed by atoms with Gasteiger partial charge >= 0.3 is 0 Å². The molecule has 0 aromatic rings. The topological polar surface area (TPSA) is 30.5 Å². The van der Waals surface area contributed by atoms with E-state index in [1.54, 1.807) is 0 Å². The van der Waals surface area contributed by atoms with Gasteiger partial charge in [0.15, 0.2) is 0 Å². The van der Waals surface area contributed by atoms with E-state index in [1.807, 2.05) is 0 Å². The third kappa shape index (κ3) is 7.20. The maximum Gasteiger partial charge on any atom is 0.0489 e. The van der Waals surface area contributed by atoms with Crippen LogP contribution in [0.25, 0.3) is 0 Å². The van der Waals surface area contributed by atoms with E-state index in [4.69, 9.17) is 9.47 Å². The molecule has 0 radical (unpaired) electrons. The van der Waals surface area contributed by atoms with Crippen molar-refractivity contribution in [3.05, 3.63) is 0 Å². The first-order valence-electron chi connectivity index (χ1n) is 6.65. The van der Waals surface area contributed by atoms with E-state index in [0.29, 0.717) is 5.92 Å². The highest BCUT2D eigenvalue weighted by Crippen LogP contribution is 2.12. The Hall–Kier alpha value is -0.120. The molecule has 1 aliphatic heterocycles. The highest BCUT2D eigenvalue weighted by atomic mass is 16.5. The second-order valence-corrected chi connectivity index (χ2v) is 5.08. The monoisotopic (exact) mass is 229 g/mol. The SMILES string of the molecule is CC(C)COCCCNCC1CCOCC1. The third-order valence-corrected chi connectivity index (χ3v) is 2.87. The van der Waals surface area contributed by atoms with Crippen LogP contribution in [0.4, 0.5) is 0 Å². The van der Waals surface area contributed by atoms with Crippen molar-refractivity contribution in [3.8, 4) is 0 Å². The summed E-state index contributed by atoms with van der Waals surface area (Å²) in [5.41, 5.74) is 0. The molecule has 0 saturated carbocycles. The van der Waals surface area contributed by atoms with Crippen LogP contribution in [-0.2, 0) is 9.47 Å². The third-order valence-electron chi connectivity index (χ3n) is 2.87. The predicted molar refractivity (Wildman–Crippen MR) is 66.7 cm³/mol. The lowest BCUT2D eigenvalue weighted by Gasteiger charge is -2.22. The van der Waals surface area contributed by atoms with Gasteiger partial charge in [0.25, 0.3) is 0 Å². The molecule has 0 unspecified atom stereocenters. The number of hydrogen-bond donors (Lipinski definition) is 1.